The molecular formula is C21H33N3O6S. The highest BCUT2D eigenvalue weighted by Crippen LogP contribution is 2.25. The van der Waals surface area contributed by atoms with E-state index >= 15 is 0 Å². The van der Waals surface area contributed by atoms with Gasteiger partial charge < -0.3 is 14.8 Å². The highest BCUT2D eigenvalue weighted by Gasteiger charge is 2.43. The molecule has 10 heteroatoms. The van der Waals surface area contributed by atoms with Crippen LogP contribution in [0.25, 0.3) is 0 Å². The van der Waals surface area contributed by atoms with Crippen LogP contribution in [-0.4, -0.2) is 60.5 Å². The van der Waals surface area contributed by atoms with Gasteiger partial charge in [-0.2, -0.15) is 17.0 Å². The lowest BCUT2D eigenvalue weighted by molar-refractivity contribution is 0.0454. The third-order valence-electron chi connectivity index (χ3n) is 4.69. The summed E-state index contributed by atoms with van der Waals surface area (Å²) in [5.74, 6) is 0. The summed E-state index contributed by atoms with van der Waals surface area (Å²) >= 11 is 0. The first-order valence-electron chi connectivity index (χ1n) is 10.2. The maximum atomic E-state index is 12.9. The third-order valence-corrected chi connectivity index (χ3v) is 6.56. The number of nitrogens with zero attached hydrogens (tertiary/aromatic N) is 2. The van der Waals surface area contributed by atoms with Crippen LogP contribution in [0, 0.1) is 5.41 Å². The second kappa shape index (κ2) is 9.44. The molecule has 0 aromatic heterocycles. The number of hydrogen-bond acceptors (Lipinski definition) is 6. The molecule has 0 bridgehead atoms. The first-order chi connectivity index (χ1) is 14.2. The molecule has 0 radical (unpaired) electrons. The normalized spacial score (nSPS) is 17.8. The van der Waals surface area contributed by atoms with Gasteiger partial charge in [0.05, 0.1) is 12.6 Å². The molecule has 1 aromatic rings. The number of hydrogen-bond donors (Lipinski definition) is 1. The maximum Gasteiger partial charge on any atom is 0.424 e. The number of amides is 2. The summed E-state index contributed by atoms with van der Waals surface area (Å²) in [7, 11) is -4.06. The number of nitrogens with one attached hydrogen (secondary N) is 1. The van der Waals surface area contributed by atoms with E-state index in [1.54, 1.807) is 32.9 Å². The van der Waals surface area contributed by atoms with Gasteiger partial charge in [0.25, 0.3) is 0 Å². The van der Waals surface area contributed by atoms with E-state index in [9.17, 15) is 18.0 Å². The van der Waals surface area contributed by atoms with Crippen molar-refractivity contribution < 1.29 is 27.5 Å². The topological polar surface area (TPSA) is 105 Å². The van der Waals surface area contributed by atoms with Crippen LogP contribution in [0.3, 0.4) is 0 Å². The second-order valence-corrected chi connectivity index (χ2v) is 11.4. The number of ether oxygens (including phenoxy) is 2. The van der Waals surface area contributed by atoms with Gasteiger partial charge in [0.2, 0.25) is 0 Å². The van der Waals surface area contributed by atoms with E-state index in [1.807, 2.05) is 39.0 Å². The Kier molecular flexibility index (Phi) is 7.59. The molecular weight excluding hydrogens is 422 g/mol. The van der Waals surface area contributed by atoms with Crippen molar-refractivity contribution >= 4 is 22.4 Å². The zero-order valence-electron chi connectivity index (χ0n) is 19.0. The second-order valence-electron chi connectivity index (χ2n) is 9.54. The molecule has 0 unspecified atom stereocenters. The first kappa shape index (κ1) is 24.9. The number of rotatable bonds is 5. The Morgan fingerprint density at radius 3 is 2.23 bits per heavy atom. The zero-order chi connectivity index (χ0) is 23.4. The molecule has 2 amide bonds. The number of alkyl carbamates (subject to hydrolysis) is 1. The quantitative estimate of drug-likeness (QED) is 0.731. The Bertz CT molecular complexity index is 875. The molecule has 0 aliphatic carbocycles. The van der Waals surface area contributed by atoms with Crippen LogP contribution < -0.4 is 5.32 Å². The minimum atomic E-state index is -4.06. The molecule has 1 atom stereocenters. The lowest BCUT2D eigenvalue weighted by Crippen LogP contribution is -2.52. The summed E-state index contributed by atoms with van der Waals surface area (Å²) in [6.07, 6.45) is -1.54. The van der Waals surface area contributed by atoms with Gasteiger partial charge in [-0.05, 0) is 31.7 Å². The van der Waals surface area contributed by atoms with Crippen molar-refractivity contribution in [1.29, 1.82) is 0 Å². The zero-order valence-corrected chi connectivity index (χ0v) is 19.9. The van der Waals surface area contributed by atoms with Crippen molar-refractivity contribution in [3.8, 4) is 0 Å². The number of benzene rings is 1. The van der Waals surface area contributed by atoms with E-state index in [4.69, 9.17) is 9.47 Å². The van der Waals surface area contributed by atoms with Crippen molar-refractivity contribution in [3.05, 3.63) is 35.9 Å². The van der Waals surface area contributed by atoms with Crippen molar-refractivity contribution in [3.63, 3.8) is 0 Å². The molecule has 1 fully saturated rings. The van der Waals surface area contributed by atoms with Gasteiger partial charge in [0.1, 0.15) is 12.2 Å². The molecule has 1 aliphatic heterocycles. The van der Waals surface area contributed by atoms with Crippen molar-refractivity contribution in [2.75, 3.05) is 19.6 Å². The van der Waals surface area contributed by atoms with Gasteiger partial charge in [0.15, 0.2) is 0 Å². The average molecular weight is 456 g/mol. The van der Waals surface area contributed by atoms with Gasteiger partial charge >= 0.3 is 22.4 Å². The fourth-order valence-corrected chi connectivity index (χ4v) is 4.41. The average Bonchev–Trinajstić information content (AvgIpc) is 2.92. The van der Waals surface area contributed by atoms with E-state index in [0.717, 1.165) is 9.87 Å². The Balaban J connectivity index is 2.04. The molecule has 0 spiro atoms. The largest absolute Gasteiger partial charge is 0.444 e. The molecule has 174 valence electrons. The minimum absolute atomic E-state index is 0.00748. The van der Waals surface area contributed by atoms with Gasteiger partial charge in [0, 0.05) is 13.1 Å². The van der Waals surface area contributed by atoms with Crippen LogP contribution in [0.4, 0.5) is 9.59 Å². The standard InChI is InChI=1S/C21H33N3O6S/c1-20(2,3)17(22-18(25)30-21(4,5)6)14-23-12-13-24(31(23,27)28)19(26)29-15-16-10-8-7-9-11-16/h7-11,17H,12-15H2,1-6H3,(H,22,25)/t17-/m1/s1. The molecule has 9 nitrogen and oxygen atoms in total. The van der Waals surface area contributed by atoms with E-state index in [0.29, 0.717) is 0 Å². The first-order valence-corrected chi connectivity index (χ1v) is 11.6. The highest BCUT2D eigenvalue weighted by molar-refractivity contribution is 7.87. The fraction of sp³-hybridized carbons (Fsp3) is 0.619. The molecule has 1 heterocycles. The van der Waals surface area contributed by atoms with E-state index in [-0.39, 0.29) is 26.2 Å². The van der Waals surface area contributed by atoms with Crippen LogP contribution in [-0.2, 0) is 26.3 Å². The van der Waals surface area contributed by atoms with Crippen molar-refractivity contribution in [2.45, 2.75) is 59.8 Å². The maximum absolute atomic E-state index is 12.9. The lowest BCUT2D eigenvalue weighted by Gasteiger charge is -2.34. The van der Waals surface area contributed by atoms with E-state index in [1.165, 1.54) is 4.31 Å². The lowest BCUT2D eigenvalue weighted by atomic mass is 9.86. The number of carbonyl (C=O) groups excluding carboxylic acids is 2. The van der Waals surface area contributed by atoms with Gasteiger partial charge in [-0.3, -0.25) is 0 Å². The summed E-state index contributed by atoms with van der Waals surface area (Å²) in [4.78, 5) is 24.7. The van der Waals surface area contributed by atoms with Crippen LogP contribution >= 0.6 is 0 Å². The highest BCUT2D eigenvalue weighted by atomic mass is 32.2. The Labute approximate surface area is 184 Å². The Hall–Kier alpha value is -2.33. The molecule has 1 N–H and O–H groups in total. The monoisotopic (exact) mass is 455 g/mol. The third kappa shape index (κ3) is 7.10. The summed E-state index contributed by atoms with van der Waals surface area (Å²) < 4.78 is 38.3. The molecule has 1 saturated heterocycles. The molecule has 1 aromatic carbocycles. The fourth-order valence-electron chi connectivity index (χ4n) is 2.92. The summed E-state index contributed by atoms with van der Waals surface area (Å²) in [5.41, 5.74) is -0.363. The van der Waals surface area contributed by atoms with Crippen molar-refractivity contribution in [2.24, 2.45) is 5.41 Å². The Morgan fingerprint density at radius 2 is 1.68 bits per heavy atom. The smallest absolute Gasteiger partial charge is 0.424 e. The molecule has 0 saturated carbocycles. The van der Waals surface area contributed by atoms with E-state index in [2.05, 4.69) is 5.32 Å². The van der Waals surface area contributed by atoms with Crippen LogP contribution in [0.15, 0.2) is 30.3 Å². The van der Waals surface area contributed by atoms with Gasteiger partial charge in [-0.15, -0.1) is 0 Å². The van der Waals surface area contributed by atoms with Crippen LogP contribution in [0.1, 0.15) is 47.1 Å². The van der Waals surface area contributed by atoms with Crippen molar-refractivity contribution in [1.82, 2.24) is 13.9 Å². The molecule has 1 aliphatic rings. The predicted octanol–water partition coefficient (Wildman–Crippen LogP) is 3.13. The van der Waals surface area contributed by atoms with Gasteiger partial charge in [-0.25, -0.2) is 9.59 Å². The minimum Gasteiger partial charge on any atom is -0.444 e. The van der Waals surface area contributed by atoms with Crippen LogP contribution in [0.2, 0.25) is 0 Å². The number of carbonyl (C=O) groups is 2. The van der Waals surface area contributed by atoms with Crippen LogP contribution in [0.5, 0.6) is 0 Å². The van der Waals surface area contributed by atoms with Gasteiger partial charge in [-0.1, -0.05) is 51.1 Å². The Morgan fingerprint density at radius 1 is 1.06 bits per heavy atom. The predicted molar refractivity (Wildman–Crippen MR) is 116 cm³/mol. The summed E-state index contributed by atoms with van der Waals surface area (Å²) in [6.45, 7) is 11.0. The SMILES string of the molecule is CC(C)(C)OC(=O)N[C@H](CN1CCN(C(=O)OCc2ccccc2)S1(=O)=O)C(C)(C)C. The van der Waals surface area contributed by atoms with E-state index < -0.39 is 39.5 Å². The summed E-state index contributed by atoms with van der Waals surface area (Å²) in [5, 5.41) is 2.77. The summed E-state index contributed by atoms with van der Waals surface area (Å²) in [6, 6.07) is 8.49. The molecule has 2 rings (SSSR count). The molecule has 31 heavy (non-hydrogen) atoms.